The summed E-state index contributed by atoms with van der Waals surface area (Å²) in [7, 11) is -3.55. The smallest absolute Gasteiger partial charge is 0.253 e. The maximum atomic E-state index is 13.0. The van der Waals surface area contributed by atoms with E-state index in [0.717, 1.165) is 32.1 Å². The Bertz CT molecular complexity index is 748. The van der Waals surface area contributed by atoms with Crippen LogP contribution in [-0.4, -0.2) is 55.8 Å². The molecule has 146 valence electrons. The second kappa shape index (κ2) is 8.69. The van der Waals surface area contributed by atoms with Crippen LogP contribution in [0.2, 0.25) is 0 Å². The van der Waals surface area contributed by atoms with Gasteiger partial charge in [0.2, 0.25) is 10.0 Å². The number of carbonyl (C=O) groups excluding carboxylic acids is 1. The fourth-order valence-corrected chi connectivity index (χ4v) is 5.40. The molecule has 2 aliphatic rings. The number of nitrogens with zero attached hydrogens (tertiary/aromatic N) is 2. The number of nitrogens with two attached hydrogens (primary N) is 1. The SMILES string of the molecule is Cc1ccc(C(=O)N2CCCC(N)C2)cc1S(=O)(=O)N1CCCCC1.Cl. The summed E-state index contributed by atoms with van der Waals surface area (Å²) in [6.07, 6.45) is 4.66. The van der Waals surface area contributed by atoms with Crippen LogP contribution in [0.25, 0.3) is 0 Å². The van der Waals surface area contributed by atoms with E-state index in [1.807, 2.05) is 0 Å². The van der Waals surface area contributed by atoms with Crippen molar-refractivity contribution in [3.8, 4) is 0 Å². The highest BCUT2D eigenvalue weighted by Crippen LogP contribution is 2.25. The van der Waals surface area contributed by atoms with Crippen molar-refractivity contribution in [2.75, 3.05) is 26.2 Å². The summed E-state index contributed by atoms with van der Waals surface area (Å²) in [6, 6.07) is 4.99. The van der Waals surface area contributed by atoms with Crippen molar-refractivity contribution in [2.24, 2.45) is 5.73 Å². The average molecular weight is 402 g/mol. The molecule has 2 N–H and O–H groups in total. The van der Waals surface area contributed by atoms with E-state index in [4.69, 9.17) is 5.73 Å². The predicted octanol–water partition coefficient (Wildman–Crippen LogP) is 2.15. The first-order chi connectivity index (χ1) is 11.9. The van der Waals surface area contributed by atoms with E-state index in [2.05, 4.69) is 0 Å². The first kappa shape index (κ1) is 21.2. The van der Waals surface area contributed by atoms with Crippen LogP contribution in [0.4, 0.5) is 0 Å². The molecule has 1 amide bonds. The molecule has 0 saturated carbocycles. The summed E-state index contributed by atoms with van der Waals surface area (Å²) in [5.74, 6) is -0.134. The number of likely N-dealkylation sites (tertiary alicyclic amines) is 1. The van der Waals surface area contributed by atoms with Crippen LogP contribution in [0, 0.1) is 6.92 Å². The Kier molecular flexibility index (Phi) is 7.07. The Morgan fingerprint density at radius 3 is 2.46 bits per heavy atom. The van der Waals surface area contributed by atoms with E-state index in [9.17, 15) is 13.2 Å². The van der Waals surface area contributed by atoms with Gasteiger partial charge in [0, 0.05) is 37.8 Å². The zero-order valence-corrected chi connectivity index (χ0v) is 16.8. The third-order valence-corrected chi connectivity index (χ3v) is 7.15. The molecule has 2 aliphatic heterocycles. The highest BCUT2D eigenvalue weighted by molar-refractivity contribution is 7.89. The highest BCUT2D eigenvalue weighted by atomic mass is 35.5. The number of hydrogen-bond donors (Lipinski definition) is 1. The minimum atomic E-state index is -3.55. The molecule has 0 bridgehead atoms. The minimum Gasteiger partial charge on any atom is -0.337 e. The third-order valence-electron chi connectivity index (χ3n) is 5.11. The lowest BCUT2D eigenvalue weighted by molar-refractivity contribution is 0.0708. The molecule has 26 heavy (non-hydrogen) atoms. The number of sulfonamides is 1. The monoisotopic (exact) mass is 401 g/mol. The van der Waals surface area contributed by atoms with E-state index in [1.165, 1.54) is 0 Å². The fourth-order valence-electron chi connectivity index (χ4n) is 3.63. The van der Waals surface area contributed by atoms with Gasteiger partial charge in [-0.25, -0.2) is 8.42 Å². The van der Waals surface area contributed by atoms with Crippen molar-refractivity contribution >= 4 is 28.3 Å². The van der Waals surface area contributed by atoms with Gasteiger partial charge < -0.3 is 10.6 Å². The lowest BCUT2D eigenvalue weighted by Crippen LogP contribution is -2.45. The molecule has 6 nitrogen and oxygen atoms in total. The average Bonchev–Trinajstić information content (AvgIpc) is 2.62. The zero-order valence-electron chi connectivity index (χ0n) is 15.2. The van der Waals surface area contributed by atoms with Gasteiger partial charge in [0.1, 0.15) is 0 Å². The second-order valence-electron chi connectivity index (χ2n) is 7.10. The van der Waals surface area contributed by atoms with Crippen LogP contribution in [-0.2, 0) is 10.0 Å². The fraction of sp³-hybridized carbons (Fsp3) is 0.611. The number of carbonyl (C=O) groups is 1. The van der Waals surface area contributed by atoms with Gasteiger partial charge in [0.15, 0.2) is 0 Å². The van der Waals surface area contributed by atoms with E-state index in [-0.39, 0.29) is 29.3 Å². The quantitative estimate of drug-likeness (QED) is 0.841. The molecule has 1 aromatic carbocycles. The van der Waals surface area contributed by atoms with Gasteiger partial charge in [-0.2, -0.15) is 4.31 Å². The molecule has 0 spiro atoms. The summed E-state index contributed by atoms with van der Waals surface area (Å²) in [5, 5.41) is 0. The maximum absolute atomic E-state index is 13.0. The Morgan fingerprint density at radius 2 is 1.81 bits per heavy atom. The Morgan fingerprint density at radius 1 is 1.12 bits per heavy atom. The van der Waals surface area contributed by atoms with E-state index in [0.29, 0.717) is 37.3 Å². The molecule has 8 heteroatoms. The second-order valence-corrected chi connectivity index (χ2v) is 9.00. The van der Waals surface area contributed by atoms with Crippen LogP contribution in [0.3, 0.4) is 0 Å². The summed E-state index contributed by atoms with van der Waals surface area (Å²) < 4.78 is 27.5. The summed E-state index contributed by atoms with van der Waals surface area (Å²) >= 11 is 0. The molecule has 1 aromatic rings. The van der Waals surface area contributed by atoms with Crippen molar-refractivity contribution in [1.29, 1.82) is 0 Å². The zero-order chi connectivity index (χ0) is 18.0. The van der Waals surface area contributed by atoms with Gasteiger partial charge in [0.05, 0.1) is 4.90 Å². The molecular formula is C18H28ClN3O3S. The lowest BCUT2D eigenvalue weighted by atomic mass is 10.0. The summed E-state index contributed by atoms with van der Waals surface area (Å²) in [5.41, 5.74) is 7.07. The first-order valence-electron chi connectivity index (χ1n) is 9.05. The van der Waals surface area contributed by atoms with Crippen molar-refractivity contribution in [1.82, 2.24) is 9.21 Å². The molecule has 1 atom stereocenters. The largest absolute Gasteiger partial charge is 0.337 e. The van der Waals surface area contributed by atoms with Gasteiger partial charge in [-0.15, -0.1) is 12.4 Å². The molecule has 2 heterocycles. The van der Waals surface area contributed by atoms with Crippen LogP contribution in [0.1, 0.15) is 48.0 Å². The number of piperidine rings is 2. The normalized spacial score (nSPS) is 21.9. The highest BCUT2D eigenvalue weighted by Gasteiger charge is 2.29. The molecule has 3 rings (SSSR count). The molecule has 0 radical (unpaired) electrons. The number of aryl methyl sites for hydroxylation is 1. The molecule has 2 saturated heterocycles. The van der Waals surface area contributed by atoms with E-state index >= 15 is 0 Å². The van der Waals surface area contributed by atoms with Gasteiger partial charge in [0.25, 0.3) is 5.91 Å². The van der Waals surface area contributed by atoms with Crippen LogP contribution in [0.15, 0.2) is 23.1 Å². The molecule has 0 aliphatic carbocycles. The van der Waals surface area contributed by atoms with Gasteiger partial charge in [-0.3, -0.25) is 4.79 Å². The topological polar surface area (TPSA) is 83.7 Å². The summed E-state index contributed by atoms with van der Waals surface area (Å²) in [6.45, 7) is 4.10. The number of halogens is 1. The van der Waals surface area contributed by atoms with E-state index < -0.39 is 10.0 Å². The van der Waals surface area contributed by atoms with Crippen molar-refractivity contribution < 1.29 is 13.2 Å². The third kappa shape index (κ3) is 4.39. The van der Waals surface area contributed by atoms with Gasteiger partial charge in [-0.05, 0) is 50.3 Å². The van der Waals surface area contributed by atoms with E-state index in [1.54, 1.807) is 34.3 Å². The van der Waals surface area contributed by atoms with Crippen molar-refractivity contribution in [3.63, 3.8) is 0 Å². The van der Waals surface area contributed by atoms with Crippen LogP contribution >= 0.6 is 12.4 Å². The van der Waals surface area contributed by atoms with Crippen LogP contribution < -0.4 is 5.73 Å². The first-order valence-corrected chi connectivity index (χ1v) is 10.5. The number of hydrogen-bond acceptors (Lipinski definition) is 4. The summed E-state index contributed by atoms with van der Waals surface area (Å²) in [4.78, 5) is 14.8. The molecule has 0 aromatic heterocycles. The van der Waals surface area contributed by atoms with Crippen molar-refractivity contribution in [2.45, 2.75) is 50.0 Å². The van der Waals surface area contributed by atoms with Crippen molar-refractivity contribution in [3.05, 3.63) is 29.3 Å². The minimum absolute atomic E-state index is 0. The van der Waals surface area contributed by atoms with Gasteiger partial charge in [-0.1, -0.05) is 12.5 Å². The molecular weight excluding hydrogens is 374 g/mol. The Balaban J connectivity index is 0.00000243. The van der Waals surface area contributed by atoms with Crippen LogP contribution in [0.5, 0.6) is 0 Å². The lowest BCUT2D eigenvalue weighted by Gasteiger charge is -2.31. The van der Waals surface area contributed by atoms with Gasteiger partial charge >= 0.3 is 0 Å². The standard InChI is InChI=1S/C18H27N3O3S.ClH/c1-14-7-8-15(18(22)20-9-5-6-16(19)13-20)12-17(14)25(23,24)21-10-3-2-4-11-21;/h7-8,12,16H,2-6,9-11,13,19H2,1H3;1H. The number of rotatable bonds is 3. The maximum Gasteiger partial charge on any atom is 0.253 e. The number of amides is 1. The molecule has 1 unspecified atom stereocenters. The molecule has 2 fully saturated rings. The Labute approximate surface area is 162 Å². The predicted molar refractivity (Wildman–Crippen MR) is 104 cm³/mol. The Hall–Kier alpha value is -1.15. The number of benzene rings is 1.